The van der Waals surface area contributed by atoms with Crippen molar-refractivity contribution in [2.75, 3.05) is 6.61 Å². The third-order valence-corrected chi connectivity index (χ3v) is 10.5. The monoisotopic (exact) mass is 724 g/mol. The number of aliphatic hydroxyl groups is 1. The molecule has 0 aromatic heterocycles. The molecule has 7 unspecified atom stereocenters. The van der Waals surface area contributed by atoms with E-state index in [0.717, 1.165) is 34.8 Å². The summed E-state index contributed by atoms with van der Waals surface area (Å²) in [7, 11) is 0. The molecule has 2 N–H and O–H groups in total. The van der Waals surface area contributed by atoms with E-state index >= 15 is 0 Å². The Hall–Kier alpha value is -1.84. The van der Waals surface area contributed by atoms with E-state index in [1.807, 2.05) is 24.3 Å². The number of amides is 1. The van der Waals surface area contributed by atoms with Gasteiger partial charge in [-0.05, 0) is 93.2 Å². The van der Waals surface area contributed by atoms with Crippen LogP contribution in [0.25, 0.3) is 0 Å². The highest BCUT2D eigenvalue weighted by molar-refractivity contribution is 14.1. The first-order chi connectivity index (χ1) is 20.9. The van der Waals surface area contributed by atoms with Crippen LogP contribution >= 0.6 is 22.6 Å². The number of ether oxygens (including phenoxy) is 4. The number of halogens is 1. The minimum Gasteiger partial charge on any atom is -0.460 e. The summed E-state index contributed by atoms with van der Waals surface area (Å²) in [5, 5.41) is 14.8. The third kappa shape index (κ3) is 5.36. The van der Waals surface area contributed by atoms with Crippen LogP contribution in [0.3, 0.4) is 0 Å². The minimum absolute atomic E-state index is 0.0233. The largest absolute Gasteiger partial charge is 0.460 e. The molecular formula is C32H41IN2O9. The van der Waals surface area contributed by atoms with E-state index in [-0.39, 0.29) is 44.2 Å². The van der Waals surface area contributed by atoms with Gasteiger partial charge in [-0.25, -0.2) is 0 Å². The second kappa shape index (κ2) is 11.2. The van der Waals surface area contributed by atoms with Crippen LogP contribution in [0.15, 0.2) is 24.3 Å². The Balaban J connectivity index is 1.19. The maximum absolute atomic E-state index is 14.5. The fraction of sp³-hybridized carbons (Fsp3) is 0.719. The van der Waals surface area contributed by atoms with Gasteiger partial charge in [0, 0.05) is 28.2 Å². The van der Waals surface area contributed by atoms with Gasteiger partial charge in [0.25, 0.3) is 0 Å². The van der Waals surface area contributed by atoms with E-state index in [2.05, 4.69) is 27.9 Å². The van der Waals surface area contributed by atoms with Crippen LogP contribution in [0.1, 0.15) is 71.3 Å². The molecule has 11 nitrogen and oxygen atoms in total. The number of nitrogens with one attached hydrogen (secondary N) is 1. The number of hydrogen-bond donors (Lipinski definition) is 2. The van der Waals surface area contributed by atoms with Gasteiger partial charge < -0.3 is 29.4 Å². The van der Waals surface area contributed by atoms with Gasteiger partial charge in [-0.2, -0.15) is 5.06 Å². The first-order valence-corrected chi connectivity index (χ1v) is 16.9. The lowest BCUT2D eigenvalue weighted by Crippen LogP contribution is -2.70. The fourth-order valence-corrected chi connectivity index (χ4v) is 8.30. The first-order valence-electron chi connectivity index (χ1n) is 15.8. The number of esters is 2. The highest BCUT2D eigenvalue weighted by Crippen LogP contribution is 2.63. The van der Waals surface area contributed by atoms with Gasteiger partial charge in [0.2, 0.25) is 5.91 Å². The Morgan fingerprint density at radius 1 is 1.16 bits per heavy atom. The molecule has 1 aromatic carbocycles. The first kappa shape index (κ1) is 30.8. The van der Waals surface area contributed by atoms with Crippen molar-refractivity contribution < 1.29 is 43.3 Å². The molecule has 3 aliphatic carbocycles. The fourth-order valence-electron chi connectivity index (χ4n) is 7.70. The molecule has 3 saturated heterocycles. The number of carbonyl (C=O) groups excluding carboxylic acids is 3. The number of hydrogen-bond acceptors (Lipinski definition) is 10. The standard InChI is InChI=1S/C32H41IN2O9/c1-30(2,3)41-23(37)12-11-21(16-36)34-29(39)31-14-22-24-25(43-32(42-24,18-7-8-18)19-9-10-19)27(31)44-35(26(31)28(38)40-22)15-17-5-4-6-20(33)13-17/h4-6,13,18-19,21-22,24-27,36H,7-12,14-16H2,1-3H3,(H,34,39). The van der Waals surface area contributed by atoms with Crippen LogP contribution in [0.5, 0.6) is 0 Å². The van der Waals surface area contributed by atoms with Gasteiger partial charge in [0.15, 0.2) is 11.8 Å². The summed E-state index contributed by atoms with van der Waals surface area (Å²) in [6.45, 7) is 5.26. The lowest BCUT2D eigenvalue weighted by atomic mass is 9.62. The molecule has 3 aliphatic heterocycles. The number of hydroxylamine groups is 2. The molecule has 44 heavy (non-hydrogen) atoms. The Morgan fingerprint density at radius 3 is 2.50 bits per heavy atom. The van der Waals surface area contributed by atoms with Crippen LogP contribution in [0.2, 0.25) is 0 Å². The van der Waals surface area contributed by atoms with E-state index in [0.29, 0.717) is 0 Å². The number of benzene rings is 1. The van der Waals surface area contributed by atoms with Crippen molar-refractivity contribution in [1.82, 2.24) is 10.4 Å². The zero-order valence-electron chi connectivity index (χ0n) is 25.3. The highest BCUT2D eigenvalue weighted by atomic mass is 127. The van der Waals surface area contributed by atoms with E-state index in [9.17, 15) is 19.5 Å². The molecule has 2 bridgehead atoms. The second-order valence-electron chi connectivity index (χ2n) is 14.3. The summed E-state index contributed by atoms with van der Waals surface area (Å²) >= 11 is 2.24. The summed E-state index contributed by atoms with van der Waals surface area (Å²) in [4.78, 5) is 47.4. The van der Waals surface area contributed by atoms with Crippen molar-refractivity contribution in [2.45, 2.75) is 120 Å². The lowest BCUT2D eigenvalue weighted by Gasteiger charge is -2.49. The molecular weight excluding hydrogens is 683 g/mol. The van der Waals surface area contributed by atoms with Crippen molar-refractivity contribution in [3.63, 3.8) is 0 Å². The molecule has 0 spiro atoms. The lowest BCUT2D eigenvalue weighted by molar-refractivity contribution is -0.235. The molecule has 3 heterocycles. The van der Waals surface area contributed by atoms with Gasteiger partial charge in [0.1, 0.15) is 35.4 Å². The number of carbonyl (C=O) groups is 3. The molecule has 3 saturated carbocycles. The van der Waals surface area contributed by atoms with Gasteiger partial charge in [-0.15, -0.1) is 0 Å². The predicted molar refractivity (Wildman–Crippen MR) is 162 cm³/mol. The van der Waals surface area contributed by atoms with Crippen molar-refractivity contribution in [3.8, 4) is 0 Å². The van der Waals surface area contributed by atoms with Gasteiger partial charge in [-0.3, -0.25) is 19.2 Å². The number of fused-ring (bicyclic) bond motifs is 4. The van der Waals surface area contributed by atoms with Crippen LogP contribution in [-0.4, -0.2) is 82.5 Å². The Morgan fingerprint density at radius 2 is 1.86 bits per heavy atom. The molecule has 0 radical (unpaired) electrons. The van der Waals surface area contributed by atoms with Crippen LogP contribution < -0.4 is 5.32 Å². The Bertz CT molecular complexity index is 1310. The van der Waals surface area contributed by atoms with E-state index in [1.165, 1.54) is 0 Å². The molecule has 1 aromatic rings. The van der Waals surface area contributed by atoms with Crippen LogP contribution in [0, 0.1) is 20.8 Å². The Labute approximate surface area is 270 Å². The maximum Gasteiger partial charge on any atom is 0.327 e. The average Bonchev–Trinajstić information content (AvgIpc) is 3.89. The number of aliphatic hydroxyl groups excluding tert-OH is 1. The third-order valence-electron chi connectivity index (χ3n) is 9.81. The normalized spacial score (nSPS) is 34.7. The Kier molecular flexibility index (Phi) is 7.80. The number of nitrogens with zero attached hydrogens (tertiary/aromatic N) is 1. The molecule has 6 aliphatic rings. The smallest absolute Gasteiger partial charge is 0.327 e. The molecule has 240 valence electrons. The quantitative estimate of drug-likeness (QED) is 0.274. The molecule has 6 fully saturated rings. The van der Waals surface area contributed by atoms with Gasteiger partial charge in [-0.1, -0.05) is 12.1 Å². The van der Waals surface area contributed by atoms with E-state index < -0.39 is 71.1 Å². The van der Waals surface area contributed by atoms with Crippen LogP contribution in [0.4, 0.5) is 0 Å². The summed E-state index contributed by atoms with van der Waals surface area (Å²) in [6, 6.07) is 6.15. The predicted octanol–water partition coefficient (Wildman–Crippen LogP) is 2.99. The van der Waals surface area contributed by atoms with Gasteiger partial charge >= 0.3 is 11.9 Å². The highest BCUT2D eigenvalue weighted by Gasteiger charge is 2.78. The minimum atomic E-state index is -1.34. The summed E-state index contributed by atoms with van der Waals surface area (Å²) in [5.41, 5.74) is -1.05. The van der Waals surface area contributed by atoms with Crippen molar-refractivity contribution in [2.24, 2.45) is 17.3 Å². The second-order valence-corrected chi connectivity index (χ2v) is 15.5. The van der Waals surface area contributed by atoms with Gasteiger partial charge in [0.05, 0.1) is 19.2 Å². The summed E-state index contributed by atoms with van der Waals surface area (Å²) < 4.78 is 26.2. The maximum atomic E-state index is 14.5. The SMILES string of the molecule is CC(C)(C)OC(=O)CCC(CO)NC(=O)C12CC3OC(=O)C1N(Cc1cccc(I)c1)OC2C1OC(C2CC2)(C2CC2)OC31. The zero-order chi connectivity index (χ0) is 31.0. The number of rotatable bonds is 10. The van der Waals surface area contributed by atoms with E-state index in [4.69, 9.17) is 23.8 Å². The molecule has 12 heteroatoms. The van der Waals surface area contributed by atoms with Crippen molar-refractivity contribution in [3.05, 3.63) is 33.4 Å². The molecule has 1 amide bonds. The average molecular weight is 725 g/mol. The van der Waals surface area contributed by atoms with Crippen molar-refractivity contribution in [1.29, 1.82) is 0 Å². The summed E-state index contributed by atoms with van der Waals surface area (Å²) in [5.74, 6) is -1.53. The molecule has 7 rings (SSSR count). The van der Waals surface area contributed by atoms with Crippen molar-refractivity contribution >= 4 is 40.4 Å². The van der Waals surface area contributed by atoms with E-state index in [1.54, 1.807) is 25.8 Å². The summed E-state index contributed by atoms with van der Waals surface area (Å²) in [6.07, 6.45) is 1.90. The van der Waals surface area contributed by atoms with Crippen LogP contribution in [-0.2, 0) is 44.7 Å². The zero-order valence-corrected chi connectivity index (χ0v) is 27.5. The topological polar surface area (TPSA) is 133 Å². The molecule has 7 atom stereocenters.